The number of rotatable bonds is 7. The van der Waals surface area contributed by atoms with Gasteiger partial charge < -0.3 is 10.0 Å². The first-order chi connectivity index (χ1) is 12.1. The molecule has 134 valence electrons. The number of aliphatic hydroxyl groups is 1. The average molecular weight is 344 g/mol. The predicted molar refractivity (Wildman–Crippen MR) is 91.7 cm³/mol. The lowest BCUT2D eigenvalue weighted by Gasteiger charge is -2.29. The third-order valence-corrected chi connectivity index (χ3v) is 5.03. The Labute approximate surface area is 147 Å². The van der Waals surface area contributed by atoms with Crippen molar-refractivity contribution in [3.8, 4) is 0 Å². The van der Waals surface area contributed by atoms with Gasteiger partial charge in [-0.2, -0.15) is 0 Å². The van der Waals surface area contributed by atoms with Gasteiger partial charge in [-0.15, -0.1) is 0 Å². The van der Waals surface area contributed by atoms with Crippen LogP contribution in [0, 0.1) is 0 Å². The molecule has 3 amide bonds. The zero-order valence-corrected chi connectivity index (χ0v) is 14.3. The number of piperidine rings is 1. The highest BCUT2D eigenvalue weighted by Gasteiger charge is 2.39. The molecule has 0 aliphatic carbocycles. The number of hydrogen-bond acceptors (Lipinski definition) is 4. The van der Waals surface area contributed by atoms with Gasteiger partial charge in [0.1, 0.15) is 6.04 Å². The minimum Gasteiger partial charge on any atom is -0.396 e. The maximum Gasteiger partial charge on any atom is 0.255 e. The summed E-state index contributed by atoms with van der Waals surface area (Å²) in [4.78, 5) is 37.8. The average Bonchev–Trinajstić information content (AvgIpc) is 2.92. The molecule has 2 aliphatic heterocycles. The lowest BCUT2D eigenvalue weighted by atomic mass is 9.98. The minimum absolute atomic E-state index is 0.119. The number of carbonyl (C=O) groups is 3. The van der Waals surface area contributed by atoms with Crippen LogP contribution in [0.15, 0.2) is 18.2 Å². The standard InChI is InChI=1S/C19H24N2O4/c22-11-4-2-1-3-6-13-7-5-8-14-15(13)12-21(19(14)25)16-9-10-17(23)20-18(16)24/h5,7-8,16,22H,1-4,6,9-12H2,(H,20,23,24). The highest BCUT2D eigenvalue weighted by Crippen LogP contribution is 2.30. The van der Waals surface area contributed by atoms with Crippen LogP contribution in [0.2, 0.25) is 0 Å². The van der Waals surface area contributed by atoms with E-state index < -0.39 is 6.04 Å². The summed E-state index contributed by atoms with van der Waals surface area (Å²) in [6.45, 7) is 0.670. The highest BCUT2D eigenvalue weighted by molar-refractivity contribution is 6.05. The van der Waals surface area contributed by atoms with Crippen LogP contribution in [-0.4, -0.2) is 40.4 Å². The molecule has 0 aromatic heterocycles. The van der Waals surface area contributed by atoms with Gasteiger partial charge in [-0.05, 0) is 42.9 Å². The van der Waals surface area contributed by atoms with E-state index in [9.17, 15) is 14.4 Å². The van der Waals surface area contributed by atoms with E-state index in [1.165, 1.54) is 0 Å². The van der Waals surface area contributed by atoms with Gasteiger partial charge in [-0.25, -0.2) is 0 Å². The molecule has 0 radical (unpaired) electrons. The number of imide groups is 1. The summed E-state index contributed by atoms with van der Waals surface area (Å²) in [6.07, 6.45) is 5.46. The number of aryl methyl sites for hydroxylation is 1. The zero-order chi connectivity index (χ0) is 17.8. The van der Waals surface area contributed by atoms with Gasteiger partial charge in [0.15, 0.2) is 0 Å². The van der Waals surface area contributed by atoms with Gasteiger partial charge in [-0.3, -0.25) is 19.7 Å². The Morgan fingerprint density at radius 1 is 1.12 bits per heavy atom. The van der Waals surface area contributed by atoms with Crippen LogP contribution in [-0.2, 0) is 22.6 Å². The lowest BCUT2D eigenvalue weighted by molar-refractivity contribution is -0.136. The van der Waals surface area contributed by atoms with E-state index in [-0.39, 0.29) is 30.7 Å². The fourth-order valence-corrected chi connectivity index (χ4v) is 3.66. The molecule has 1 atom stereocenters. The summed E-state index contributed by atoms with van der Waals surface area (Å²) < 4.78 is 0. The number of nitrogens with one attached hydrogen (secondary N) is 1. The van der Waals surface area contributed by atoms with Crippen molar-refractivity contribution in [2.24, 2.45) is 0 Å². The van der Waals surface area contributed by atoms with Crippen molar-refractivity contribution >= 4 is 17.7 Å². The highest BCUT2D eigenvalue weighted by atomic mass is 16.3. The van der Waals surface area contributed by atoms with Crippen LogP contribution >= 0.6 is 0 Å². The van der Waals surface area contributed by atoms with Gasteiger partial charge in [0.05, 0.1) is 0 Å². The van der Waals surface area contributed by atoms with E-state index in [2.05, 4.69) is 5.32 Å². The molecule has 0 saturated carbocycles. The van der Waals surface area contributed by atoms with Gasteiger partial charge >= 0.3 is 0 Å². The van der Waals surface area contributed by atoms with Crippen LogP contribution in [0.3, 0.4) is 0 Å². The summed E-state index contributed by atoms with van der Waals surface area (Å²) in [5, 5.41) is 11.2. The maximum atomic E-state index is 12.7. The Hall–Kier alpha value is -2.21. The Balaban J connectivity index is 1.69. The van der Waals surface area contributed by atoms with E-state index >= 15 is 0 Å². The van der Waals surface area contributed by atoms with Crippen molar-refractivity contribution in [3.63, 3.8) is 0 Å². The molecule has 2 N–H and O–H groups in total. The quantitative estimate of drug-likeness (QED) is 0.580. The number of nitrogens with zero attached hydrogens (tertiary/aromatic N) is 1. The molecule has 2 aliphatic rings. The molecule has 3 rings (SSSR count). The van der Waals surface area contributed by atoms with E-state index in [1.54, 1.807) is 4.90 Å². The molecule has 1 unspecified atom stereocenters. The topological polar surface area (TPSA) is 86.7 Å². The third kappa shape index (κ3) is 3.74. The van der Waals surface area contributed by atoms with Gasteiger partial charge in [0, 0.05) is 25.1 Å². The van der Waals surface area contributed by atoms with Crippen molar-refractivity contribution in [1.82, 2.24) is 10.2 Å². The number of aliphatic hydroxyl groups excluding tert-OH is 1. The zero-order valence-electron chi connectivity index (χ0n) is 14.3. The van der Waals surface area contributed by atoms with Crippen molar-refractivity contribution in [2.45, 2.75) is 57.5 Å². The monoisotopic (exact) mass is 344 g/mol. The molecular formula is C19H24N2O4. The number of amides is 3. The van der Waals surface area contributed by atoms with Crippen molar-refractivity contribution < 1.29 is 19.5 Å². The molecule has 6 nitrogen and oxygen atoms in total. The normalized spacial score (nSPS) is 20.0. The van der Waals surface area contributed by atoms with Crippen LogP contribution in [0.1, 0.15) is 60.0 Å². The Morgan fingerprint density at radius 2 is 1.92 bits per heavy atom. The summed E-state index contributed by atoms with van der Waals surface area (Å²) >= 11 is 0. The molecule has 6 heteroatoms. The van der Waals surface area contributed by atoms with Gasteiger partial charge in [-0.1, -0.05) is 25.0 Å². The van der Waals surface area contributed by atoms with E-state index in [1.807, 2.05) is 18.2 Å². The first-order valence-electron chi connectivity index (χ1n) is 8.98. The van der Waals surface area contributed by atoms with Crippen LogP contribution in [0.25, 0.3) is 0 Å². The molecule has 1 fully saturated rings. The fraction of sp³-hybridized carbons (Fsp3) is 0.526. The Kier molecular flexibility index (Phi) is 5.48. The molecule has 1 aromatic carbocycles. The second-order valence-electron chi connectivity index (χ2n) is 6.73. The summed E-state index contributed by atoms with van der Waals surface area (Å²) in [5.74, 6) is -0.761. The van der Waals surface area contributed by atoms with E-state index in [0.29, 0.717) is 18.5 Å². The second kappa shape index (κ2) is 7.78. The van der Waals surface area contributed by atoms with E-state index in [0.717, 1.165) is 43.2 Å². The summed E-state index contributed by atoms with van der Waals surface area (Å²) in [6, 6.07) is 5.20. The largest absolute Gasteiger partial charge is 0.396 e. The predicted octanol–water partition coefficient (Wildman–Crippen LogP) is 1.54. The summed E-state index contributed by atoms with van der Waals surface area (Å²) in [5.41, 5.74) is 2.85. The maximum absolute atomic E-state index is 12.7. The molecule has 2 heterocycles. The summed E-state index contributed by atoms with van der Waals surface area (Å²) in [7, 11) is 0. The molecule has 1 saturated heterocycles. The number of fused-ring (bicyclic) bond motifs is 1. The van der Waals surface area contributed by atoms with E-state index in [4.69, 9.17) is 5.11 Å². The van der Waals surface area contributed by atoms with Crippen LogP contribution in [0.4, 0.5) is 0 Å². The third-order valence-electron chi connectivity index (χ3n) is 5.03. The number of carbonyl (C=O) groups excluding carboxylic acids is 3. The molecule has 0 bridgehead atoms. The molecule has 1 aromatic rings. The van der Waals surface area contributed by atoms with Crippen molar-refractivity contribution in [3.05, 3.63) is 34.9 Å². The first-order valence-corrected chi connectivity index (χ1v) is 8.98. The minimum atomic E-state index is -0.560. The second-order valence-corrected chi connectivity index (χ2v) is 6.73. The molecule has 0 spiro atoms. The Morgan fingerprint density at radius 3 is 2.68 bits per heavy atom. The number of hydrogen-bond donors (Lipinski definition) is 2. The van der Waals surface area contributed by atoms with Crippen molar-refractivity contribution in [1.29, 1.82) is 0 Å². The lowest BCUT2D eigenvalue weighted by Crippen LogP contribution is -2.52. The van der Waals surface area contributed by atoms with Crippen LogP contribution in [0.5, 0.6) is 0 Å². The SMILES string of the molecule is O=C1CCC(N2Cc3c(CCCCCCO)cccc3C2=O)C(=O)N1. The molecular weight excluding hydrogens is 320 g/mol. The van der Waals surface area contributed by atoms with Gasteiger partial charge in [0.2, 0.25) is 11.8 Å². The first kappa shape index (κ1) is 17.6. The number of benzene rings is 1. The molecule has 25 heavy (non-hydrogen) atoms. The van der Waals surface area contributed by atoms with Crippen LogP contribution < -0.4 is 5.32 Å². The smallest absolute Gasteiger partial charge is 0.255 e. The van der Waals surface area contributed by atoms with Gasteiger partial charge in [0.25, 0.3) is 5.91 Å². The fourth-order valence-electron chi connectivity index (χ4n) is 3.66. The van der Waals surface area contributed by atoms with Crippen molar-refractivity contribution in [2.75, 3.05) is 6.61 Å². The Bertz CT molecular complexity index is 686. The number of unbranched alkanes of at least 4 members (excludes halogenated alkanes) is 3.